The molecule has 3 nitrogen and oxygen atoms in total. The zero-order valence-electron chi connectivity index (χ0n) is 10.7. The molecule has 1 fully saturated rings. The van der Waals surface area contributed by atoms with E-state index in [0.29, 0.717) is 5.54 Å². The van der Waals surface area contributed by atoms with Crippen LogP contribution in [0, 0.1) is 0 Å². The van der Waals surface area contributed by atoms with Gasteiger partial charge in [0, 0.05) is 31.1 Å². The van der Waals surface area contributed by atoms with Gasteiger partial charge in [0.2, 0.25) is 0 Å². The molecular weight excluding hydrogens is 220 g/mol. The molecule has 1 aliphatic rings. The van der Waals surface area contributed by atoms with E-state index in [0.717, 1.165) is 37.1 Å². The highest BCUT2D eigenvalue weighted by atomic mass is 32.2. The lowest BCUT2D eigenvalue weighted by atomic mass is 9.96. The molecule has 0 atom stereocenters. The maximum atomic E-state index is 5.29. The Balaban J connectivity index is 2.26. The number of ether oxygens (including phenoxy) is 1. The second-order valence-corrected chi connectivity index (χ2v) is 5.10. The van der Waals surface area contributed by atoms with Gasteiger partial charge in [0.25, 0.3) is 0 Å². The molecule has 0 aliphatic carbocycles. The second-order valence-electron chi connectivity index (χ2n) is 4.14. The number of nitrogens with zero attached hydrogens (tertiary/aromatic N) is 1. The first kappa shape index (κ1) is 13.8. The Morgan fingerprint density at radius 2 is 2.12 bits per heavy atom. The molecule has 0 aromatic carbocycles. The third-order valence-corrected chi connectivity index (χ3v) is 4.32. The fourth-order valence-corrected chi connectivity index (χ4v) is 3.08. The number of aliphatic imine (C=N–C) groups is 1. The van der Waals surface area contributed by atoms with Gasteiger partial charge in [-0.2, -0.15) is 0 Å². The van der Waals surface area contributed by atoms with Gasteiger partial charge in [-0.1, -0.05) is 25.6 Å². The van der Waals surface area contributed by atoms with Crippen LogP contribution in [0.1, 0.15) is 40.0 Å². The average Bonchev–Trinajstić information content (AvgIpc) is 2.73. The standard InChI is InChI=1S/C12H24N2OS/c1-4-12(5-2)10-16-11(14-12)13-8-7-9-15-6-3/h4-10H2,1-3H3,(H,13,14). The van der Waals surface area contributed by atoms with Crippen molar-refractivity contribution < 1.29 is 4.74 Å². The average molecular weight is 244 g/mol. The number of rotatable bonds is 7. The van der Waals surface area contributed by atoms with Crippen LogP contribution in [-0.4, -0.2) is 36.2 Å². The first-order chi connectivity index (χ1) is 7.76. The van der Waals surface area contributed by atoms with Crippen molar-refractivity contribution in [1.82, 2.24) is 5.32 Å². The summed E-state index contributed by atoms with van der Waals surface area (Å²) < 4.78 is 5.29. The Morgan fingerprint density at radius 1 is 1.38 bits per heavy atom. The third kappa shape index (κ3) is 3.98. The van der Waals surface area contributed by atoms with Crippen LogP contribution >= 0.6 is 11.8 Å². The first-order valence-corrected chi connectivity index (χ1v) is 7.28. The van der Waals surface area contributed by atoms with Crippen molar-refractivity contribution in [3.63, 3.8) is 0 Å². The fraction of sp³-hybridized carbons (Fsp3) is 0.917. The molecule has 1 heterocycles. The van der Waals surface area contributed by atoms with Crippen LogP contribution in [0.25, 0.3) is 0 Å². The van der Waals surface area contributed by atoms with E-state index in [2.05, 4.69) is 24.2 Å². The molecule has 1 saturated heterocycles. The molecule has 0 aromatic heterocycles. The Labute approximate surface area is 103 Å². The van der Waals surface area contributed by atoms with Crippen LogP contribution in [0.3, 0.4) is 0 Å². The largest absolute Gasteiger partial charge is 0.382 e. The van der Waals surface area contributed by atoms with Crippen LogP contribution in [0.4, 0.5) is 0 Å². The van der Waals surface area contributed by atoms with E-state index in [-0.39, 0.29) is 0 Å². The zero-order chi connectivity index (χ0) is 11.9. The molecule has 0 bridgehead atoms. The minimum atomic E-state index is 0.295. The molecule has 0 spiro atoms. The van der Waals surface area contributed by atoms with Gasteiger partial charge in [0.1, 0.15) is 0 Å². The summed E-state index contributed by atoms with van der Waals surface area (Å²) in [5, 5.41) is 4.69. The Hall–Kier alpha value is -0.220. The summed E-state index contributed by atoms with van der Waals surface area (Å²) in [5.74, 6) is 1.16. The maximum Gasteiger partial charge on any atom is 0.157 e. The zero-order valence-corrected chi connectivity index (χ0v) is 11.5. The molecule has 0 radical (unpaired) electrons. The van der Waals surface area contributed by atoms with Gasteiger partial charge in [-0.05, 0) is 26.2 Å². The van der Waals surface area contributed by atoms with E-state index in [4.69, 9.17) is 4.74 Å². The topological polar surface area (TPSA) is 33.6 Å². The fourth-order valence-electron chi connectivity index (χ4n) is 1.71. The smallest absolute Gasteiger partial charge is 0.157 e. The summed E-state index contributed by atoms with van der Waals surface area (Å²) in [6.07, 6.45) is 3.37. The lowest BCUT2D eigenvalue weighted by Gasteiger charge is -2.25. The quantitative estimate of drug-likeness (QED) is 0.699. The van der Waals surface area contributed by atoms with E-state index in [1.807, 2.05) is 18.7 Å². The molecule has 1 aliphatic heterocycles. The summed E-state index contributed by atoms with van der Waals surface area (Å²) in [7, 11) is 0. The number of hydrogen-bond donors (Lipinski definition) is 1. The van der Waals surface area contributed by atoms with Gasteiger partial charge >= 0.3 is 0 Å². The van der Waals surface area contributed by atoms with Gasteiger partial charge in [-0.25, -0.2) is 0 Å². The van der Waals surface area contributed by atoms with E-state index < -0.39 is 0 Å². The molecular formula is C12H24N2OS. The second kappa shape index (κ2) is 7.17. The van der Waals surface area contributed by atoms with Gasteiger partial charge in [-0.15, -0.1) is 0 Å². The monoisotopic (exact) mass is 244 g/mol. The number of amidine groups is 1. The van der Waals surface area contributed by atoms with Crippen molar-refractivity contribution >= 4 is 16.9 Å². The highest BCUT2D eigenvalue weighted by Gasteiger charge is 2.33. The van der Waals surface area contributed by atoms with Crippen LogP contribution < -0.4 is 5.32 Å². The Bertz CT molecular complexity index is 227. The summed E-state index contributed by atoms with van der Waals surface area (Å²) in [4.78, 5) is 4.57. The predicted octanol–water partition coefficient (Wildman–Crippen LogP) is 2.66. The number of hydrogen-bond acceptors (Lipinski definition) is 3. The highest BCUT2D eigenvalue weighted by Crippen LogP contribution is 2.28. The summed E-state index contributed by atoms with van der Waals surface area (Å²) in [5.41, 5.74) is 0.295. The summed E-state index contributed by atoms with van der Waals surface area (Å²) >= 11 is 1.86. The van der Waals surface area contributed by atoms with Gasteiger partial charge in [0.15, 0.2) is 5.17 Å². The minimum absolute atomic E-state index is 0.295. The Morgan fingerprint density at radius 3 is 2.69 bits per heavy atom. The van der Waals surface area contributed by atoms with Crippen LogP contribution in [0.5, 0.6) is 0 Å². The van der Waals surface area contributed by atoms with Crippen LogP contribution in [-0.2, 0) is 4.74 Å². The molecule has 0 amide bonds. The van der Waals surface area contributed by atoms with Gasteiger partial charge in [0.05, 0.1) is 0 Å². The van der Waals surface area contributed by atoms with E-state index >= 15 is 0 Å². The molecule has 0 unspecified atom stereocenters. The van der Waals surface area contributed by atoms with Gasteiger partial charge in [-0.3, -0.25) is 4.99 Å². The lowest BCUT2D eigenvalue weighted by Crippen LogP contribution is -2.42. The first-order valence-electron chi connectivity index (χ1n) is 6.29. The molecule has 94 valence electrons. The normalized spacial score (nSPS) is 21.3. The number of thioether (sulfide) groups is 1. The van der Waals surface area contributed by atoms with Crippen LogP contribution in [0.15, 0.2) is 4.99 Å². The summed E-state index contributed by atoms with van der Waals surface area (Å²) in [6.45, 7) is 9.02. The molecule has 1 rings (SSSR count). The van der Waals surface area contributed by atoms with Crippen molar-refractivity contribution in [3.05, 3.63) is 0 Å². The van der Waals surface area contributed by atoms with Gasteiger partial charge < -0.3 is 10.1 Å². The van der Waals surface area contributed by atoms with Crippen molar-refractivity contribution in [3.8, 4) is 0 Å². The molecule has 4 heteroatoms. The number of nitrogens with one attached hydrogen (secondary N) is 1. The van der Waals surface area contributed by atoms with Crippen LogP contribution in [0.2, 0.25) is 0 Å². The highest BCUT2D eigenvalue weighted by molar-refractivity contribution is 8.14. The molecule has 16 heavy (non-hydrogen) atoms. The molecule has 1 N–H and O–H groups in total. The van der Waals surface area contributed by atoms with E-state index in [1.54, 1.807) is 0 Å². The van der Waals surface area contributed by atoms with Crippen molar-refractivity contribution in [2.45, 2.75) is 45.6 Å². The van der Waals surface area contributed by atoms with Crippen molar-refractivity contribution in [2.75, 3.05) is 25.5 Å². The Kier molecular flexibility index (Phi) is 6.21. The van der Waals surface area contributed by atoms with E-state index in [1.165, 1.54) is 12.8 Å². The molecule has 0 aromatic rings. The SMILES string of the molecule is CCOCCCN=C1NC(CC)(CC)CS1. The van der Waals surface area contributed by atoms with Crippen molar-refractivity contribution in [2.24, 2.45) is 4.99 Å². The van der Waals surface area contributed by atoms with E-state index in [9.17, 15) is 0 Å². The van der Waals surface area contributed by atoms with Crippen molar-refractivity contribution in [1.29, 1.82) is 0 Å². The summed E-state index contributed by atoms with van der Waals surface area (Å²) in [6, 6.07) is 0. The predicted molar refractivity (Wildman–Crippen MR) is 72.3 cm³/mol. The molecule has 0 saturated carbocycles. The lowest BCUT2D eigenvalue weighted by molar-refractivity contribution is 0.146. The minimum Gasteiger partial charge on any atom is -0.382 e. The third-order valence-electron chi connectivity index (χ3n) is 3.12. The maximum absolute atomic E-state index is 5.29.